The third kappa shape index (κ3) is 3.14. The average Bonchev–Trinajstić information content (AvgIpc) is 3.21. The van der Waals surface area contributed by atoms with Gasteiger partial charge in [-0.15, -0.1) is 0 Å². The summed E-state index contributed by atoms with van der Waals surface area (Å²) in [4.78, 5) is 18.1. The molecule has 0 spiro atoms. The van der Waals surface area contributed by atoms with Gasteiger partial charge in [0.15, 0.2) is 0 Å². The van der Waals surface area contributed by atoms with Crippen molar-refractivity contribution in [3.63, 3.8) is 0 Å². The Bertz CT molecular complexity index is 1140. The van der Waals surface area contributed by atoms with Crippen LogP contribution in [0.2, 0.25) is 0 Å². The zero-order valence-electron chi connectivity index (χ0n) is 15.5. The molecule has 0 unspecified atom stereocenters. The molecule has 3 aromatic carbocycles. The van der Waals surface area contributed by atoms with Gasteiger partial charge in [-0.1, -0.05) is 24.3 Å². The van der Waals surface area contributed by atoms with Crippen molar-refractivity contribution in [3.8, 4) is 0 Å². The van der Waals surface area contributed by atoms with Crippen LogP contribution >= 0.6 is 0 Å². The summed E-state index contributed by atoms with van der Waals surface area (Å²) in [7, 11) is 0. The lowest BCUT2D eigenvalue weighted by molar-refractivity contribution is 0.102. The zero-order chi connectivity index (χ0) is 18.9. The first-order valence-electron chi connectivity index (χ1n) is 9.56. The second kappa shape index (κ2) is 6.89. The molecule has 4 heteroatoms. The van der Waals surface area contributed by atoms with Gasteiger partial charge in [-0.3, -0.25) is 4.79 Å². The van der Waals surface area contributed by atoms with Gasteiger partial charge in [0.05, 0.1) is 0 Å². The van der Waals surface area contributed by atoms with E-state index < -0.39 is 0 Å². The highest BCUT2D eigenvalue weighted by atomic mass is 16.1. The van der Waals surface area contributed by atoms with Crippen molar-refractivity contribution >= 4 is 28.2 Å². The lowest BCUT2D eigenvalue weighted by atomic mass is 9.99. The SMILES string of the molecule is O=C(Nc1ccc2[nH]ccc2c1)c1ccc(N2CCc3ccccc3C2)cc1. The van der Waals surface area contributed by atoms with Crippen LogP contribution in [0.15, 0.2) is 79.0 Å². The number of hydrogen-bond donors (Lipinski definition) is 2. The fourth-order valence-electron chi connectivity index (χ4n) is 3.87. The van der Waals surface area contributed by atoms with Gasteiger partial charge < -0.3 is 15.2 Å². The molecule has 138 valence electrons. The lowest BCUT2D eigenvalue weighted by Gasteiger charge is -2.30. The first kappa shape index (κ1) is 16.6. The molecule has 0 radical (unpaired) electrons. The molecular formula is C24H21N3O. The number of carbonyl (C=O) groups excluding carboxylic acids is 1. The number of hydrogen-bond acceptors (Lipinski definition) is 2. The summed E-state index contributed by atoms with van der Waals surface area (Å²) in [6.45, 7) is 1.91. The summed E-state index contributed by atoms with van der Waals surface area (Å²) in [5, 5.41) is 4.07. The number of nitrogens with one attached hydrogen (secondary N) is 2. The molecule has 28 heavy (non-hydrogen) atoms. The molecule has 0 fully saturated rings. The van der Waals surface area contributed by atoms with Crippen molar-refractivity contribution < 1.29 is 4.79 Å². The molecule has 4 nitrogen and oxygen atoms in total. The second-order valence-electron chi connectivity index (χ2n) is 7.22. The van der Waals surface area contributed by atoms with Gasteiger partial charge in [0.1, 0.15) is 0 Å². The maximum atomic E-state index is 12.6. The Balaban J connectivity index is 1.30. The van der Waals surface area contributed by atoms with Crippen LogP contribution in [-0.2, 0) is 13.0 Å². The Kier molecular flexibility index (Phi) is 4.09. The van der Waals surface area contributed by atoms with Crippen LogP contribution in [0.1, 0.15) is 21.5 Å². The fourth-order valence-corrected chi connectivity index (χ4v) is 3.87. The first-order chi connectivity index (χ1) is 13.8. The normalized spacial score (nSPS) is 13.4. The maximum absolute atomic E-state index is 12.6. The number of carbonyl (C=O) groups is 1. The van der Waals surface area contributed by atoms with Gasteiger partial charge in [0.25, 0.3) is 5.91 Å². The minimum atomic E-state index is -0.0922. The van der Waals surface area contributed by atoms with Gasteiger partial charge in [0, 0.05) is 47.1 Å². The van der Waals surface area contributed by atoms with E-state index in [0.29, 0.717) is 5.56 Å². The number of fused-ring (bicyclic) bond motifs is 2. The zero-order valence-corrected chi connectivity index (χ0v) is 15.5. The number of aromatic amines is 1. The molecule has 0 aliphatic carbocycles. The molecule has 1 amide bonds. The predicted molar refractivity (Wildman–Crippen MR) is 114 cm³/mol. The highest BCUT2D eigenvalue weighted by Gasteiger charge is 2.16. The van der Waals surface area contributed by atoms with Gasteiger partial charge in [-0.25, -0.2) is 0 Å². The van der Waals surface area contributed by atoms with Crippen LogP contribution in [0.25, 0.3) is 10.9 Å². The molecule has 1 aliphatic heterocycles. The number of rotatable bonds is 3. The van der Waals surface area contributed by atoms with Gasteiger partial charge in [0.2, 0.25) is 0 Å². The summed E-state index contributed by atoms with van der Waals surface area (Å²) in [5.74, 6) is -0.0922. The summed E-state index contributed by atoms with van der Waals surface area (Å²) in [6, 6.07) is 24.4. The van der Waals surface area contributed by atoms with E-state index in [1.807, 2.05) is 54.7 Å². The summed E-state index contributed by atoms with van der Waals surface area (Å²) in [6.07, 6.45) is 2.95. The van der Waals surface area contributed by atoms with Gasteiger partial charge >= 0.3 is 0 Å². The second-order valence-corrected chi connectivity index (χ2v) is 7.22. The number of aromatic nitrogens is 1. The Hall–Kier alpha value is -3.53. The van der Waals surface area contributed by atoms with Crippen molar-refractivity contribution in [1.29, 1.82) is 0 Å². The summed E-state index contributed by atoms with van der Waals surface area (Å²) >= 11 is 0. The highest BCUT2D eigenvalue weighted by Crippen LogP contribution is 2.25. The van der Waals surface area contributed by atoms with Crippen LogP contribution in [0.5, 0.6) is 0 Å². The van der Waals surface area contributed by atoms with Crippen molar-refractivity contribution in [3.05, 3.63) is 95.7 Å². The molecule has 0 saturated carbocycles. The van der Waals surface area contributed by atoms with Crippen LogP contribution in [0.4, 0.5) is 11.4 Å². The Morgan fingerprint density at radius 3 is 2.61 bits per heavy atom. The number of benzene rings is 3. The molecule has 0 saturated heterocycles. The molecule has 4 aromatic rings. The van der Waals surface area contributed by atoms with Crippen molar-refractivity contribution in [1.82, 2.24) is 4.98 Å². The Morgan fingerprint density at radius 2 is 1.75 bits per heavy atom. The van der Waals surface area contributed by atoms with Crippen LogP contribution < -0.4 is 10.2 Å². The monoisotopic (exact) mass is 367 g/mol. The van der Waals surface area contributed by atoms with E-state index in [2.05, 4.69) is 39.5 Å². The largest absolute Gasteiger partial charge is 0.367 e. The quantitative estimate of drug-likeness (QED) is 0.536. The van der Waals surface area contributed by atoms with E-state index in [1.165, 1.54) is 11.1 Å². The number of H-pyrrole nitrogens is 1. The van der Waals surface area contributed by atoms with Crippen molar-refractivity contribution in [2.24, 2.45) is 0 Å². The van der Waals surface area contributed by atoms with Crippen LogP contribution in [-0.4, -0.2) is 17.4 Å². The Morgan fingerprint density at radius 1 is 0.929 bits per heavy atom. The number of anilines is 2. The fraction of sp³-hybridized carbons (Fsp3) is 0.125. The highest BCUT2D eigenvalue weighted by molar-refractivity contribution is 6.05. The predicted octanol–water partition coefficient (Wildman–Crippen LogP) is 4.98. The standard InChI is InChI=1S/C24H21N3O/c28-24(26-21-7-10-23-19(15-21)11-13-25-23)18-5-8-22(9-6-18)27-14-12-17-3-1-2-4-20(17)16-27/h1-11,13,15,25H,12,14,16H2,(H,26,28). The van der Waals surface area contributed by atoms with E-state index in [1.54, 1.807) is 0 Å². The molecule has 2 N–H and O–H groups in total. The lowest BCUT2D eigenvalue weighted by Crippen LogP contribution is -2.30. The minimum absolute atomic E-state index is 0.0922. The third-order valence-corrected chi connectivity index (χ3v) is 5.44. The summed E-state index contributed by atoms with van der Waals surface area (Å²) < 4.78 is 0. The Labute approximate surface area is 163 Å². The third-order valence-electron chi connectivity index (χ3n) is 5.44. The smallest absolute Gasteiger partial charge is 0.255 e. The summed E-state index contributed by atoms with van der Waals surface area (Å²) in [5.41, 5.74) is 6.50. The maximum Gasteiger partial charge on any atom is 0.255 e. The molecule has 1 aromatic heterocycles. The van der Waals surface area contributed by atoms with Crippen molar-refractivity contribution in [2.45, 2.75) is 13.0 Å². The van der Waals surface area contributed by atoms with Gasteiger partial charge in [-0.2, -0.15) is 0 Å². The topological polar surface area (TPSA) is 48.1 Å². The van der Waals surface area contributed by atoms with E-state index in [9.17, 15) is 4.79 Å². The van der Waals surface area contributed by atoms with Gasteiger partial charge in [-0.05, 0) is 66.1 Å². The number of nitrogens with zero attached hydrogens (tertiary/aromatic N) is 1. The first-order valence-corrected chi connectivity index (χ1v) is 9.56. The molecule has 2 heterocycles. The molecule has 0 atom stereocenters. The van der Waals surface area contributed by atoms with E-state index in [-0.39, 0.29) is 5.91 Å². The van der Waals surface area contributed by atoms with E-state index in [4.69, 9.17) is 0 Å². The number of amides is 1. The molecule has 0 bridgehead atoms. The van der Waals surface area contributed by atoms with Crippen molar-refractivity contribution in [2.75, 3.05) is 16.8 Å². The minimum Gasteiger partial charge on any atom is -0.367 e. The molecule has 1 aliphatic rings. The van der Waals surface area contributed by atoms with Crippen LogP contribution in [0.3, 0.4) is 0 Å². The molecular weight excluding hydrogens is 346 g/mol. The van der Waals surface area contributed by atoms with E-state index >= 15 is 0 Å². The molecule has 5 rings (SSSR count). The average molecular weight is 367 g/mol. The van der Waals surface area contributed by atoms with E-state index in [0.717, 1.165) is 41.8 Å². The van der Waals surface area contributed by atoms with Crippen LogP contribution in [0, 0.1) is 0 Å².